The van der Waals surface area contributed by atoms with E-state index in [1.807, 2.05) is 17.7 Å². The fourth-order valence-corrected chi connectivity index (χ4v) is 2.72. The SMILES string of the molecule is CCOC(=O)N1CCN(C(=O)c2cc3occc3n2C)CC1. The third kappa shape index (κ3) is 2.43. The summed E-state index contributed by atoms with van der Waals surface area (Å²) < 4.78 is 12.1. The topological polar surface area (TPSA) is 67.9 Å². The van der Waals surface area contributed by atoms with Crippen LogP contribution in [0.25, 0.3) is 11.1 Å². The number of piperazine rings is 1. The molecule has 3 heterocycles. The summed E-state index contributed by atoms with van der Waals surface area (Å²) in [4.78, 5) is 27.7. The van der Waals surface area contributed by atoms with Crippen LogP contribution in [0, 0.1) is 0 Å². The van der Waals surface area contributed by atoms with Gasteiger partial charge in [-0.05, 0) is 6.92 Å². The van der Waals surface area contributed by atoms with Gasteiger partial charge in [0.1, 0.15) is 5.69 Å². The van der Waals surface area contributed by atoms with E-state index in [0.717, 1.165) is 5.52 Å². The summed E-state index contributed by atoms with van der Waals surface area (Å²) in [5.74, 6) is -0.0441. The van der Waals surface area contributed by atoms with E-state index in [9.17, 15) is 9.59 Å². The van der Waals surface area contributed by atoms with Crippen molar-refractivity contribution in [3.8, 4) is 0 Å². The highest BCUT2D eigenvalue weighted by atomic mass is 16.6. The van der Waals surface area contributed by atoms with Crippen molar-refractivity contribution in [2.75, 3.05) is 32.8 Å². The Morgan fingerprint density at radius 1 is 1.23 bits per heavy atom. The average molecular weight is 305 g/mol. The highest BCUT2D eigenvalue weighted by molar-refractivity contribution is 5.97. The van der Waals surface area contributed by atoms with Gasteiger partial charge in [-0.15, -0.1) is 0 Å². The Bertz CT molecular complexity index is 695. The largest absolute Gasteiger partial charge is 0.463 e. The van der Waals surface area contributed by atoms with Gasteiger partial charge in [0.2, 0.25) is 0 Å². The molecule has 22 heavy (non-hydrogen) atoms. The summed E-state index contributed by atoms with van der Waals surface area (Å²) in [5, 5.41) is 0. The van der Waals surface area contributed by atoms with Crippen molar-refractivity contribution in [2.45, 2.75) is 6.92 Å². The Hall–Kier alpha value is -2.44. The molecule has 1 saturated heterocycles. The van der Waals surface area contributed by atoms with Gasteiger partial charge >= 0.3 is 6.09 Å². The first-order valence-electron chi connectivity index (χ1n) is 7.35. The number of nitrogens with zero attached hydrogens (tertiary/aromatic N) is 3. The maximum atomic E-state index is 12.6. The van der Waals surface area contributed by atoms with Crippen molar-refractivity contribution >= 4 is 23.1 Å². The van der Waals surface area contributed by atoms with E-state index in [1.54, 1.807) is 29.1 Å². The smallest absolute Gasteiger partial charge is 0.409 e. The normalized spacial score (nSPS) is 15.4. The molecule has 118 valence electrons. The molecule has 0 radical (unpaired) electrons. The summed E-state index contributed by atoms with van der Waals surface area (Å²) >= 11 is 0. The number of furan rings is 1. The van der Waals surface area contributed by atoms with Crippen LogP contribution >= 0.6 is 0 Å². The van der Waals surface area contributed by atoms with Crippen LogP contribution in [0.5, 0.6) is 0 Å². The molecule has 0 bridgehead atoms. The highest BCUT2D eigenvalue weighted by Gasteiger charge is 2.27. The van der Waals surface area contributed by atoms with E-state index >= 15 is 0 Å². The number of hydrogen-bond acceptors (Lipinski definition) is 4. The van der Waals surface area contributed by atoms with E-state index in [4.69, 9.17) is 9.15 Å². The van der Waals surface area contributed by atoms with Crippen molar-refractivity contribution in [1.29, 1.82) is 0 Å². The molecule has 0 aromatic carbocycles. The fourth-order valence-electron chi connectivity index (χ4n) is 2.72. The average Bonchev–Trinajstić information content (AvgIpc) is 3.10. The molecule has 2 amide bonds. The predicted octanol–water partition coefficient (Wildman–Crippen LogP) is 1.69. The van der Waals surface area contributed by atoms with Crippen LogP contribution in [0.15, 0.2) is 22.8 Å². The molecule has 0 unspecified atom stereocenters. The number of aryl methyl sites for hydroxylation is 1. The van der Waals surface area contributed by atoms with Gasteiger partial charge < -0.3 is 23.5 Å². The third-order valence-corrected chi connectivity index (χ3v) is 3.98. The third-order valence-electron chi connectivity index (χ3n) is 3.98. The second-order valence-electron chi connectivity index (χ2n) is 5.24. The molecule has 1 aliphatic rings. The van der Waals surface area contributed by atoms with Gasteiger partial charge in [-0.1, -0.05) is 0 Å². The molecule has 2 aromatic rings. The van der Waals surface area contributed by atoms with Crippen molar-refractivity contribution < 1.29 is 18.7 Å². The van der Waals surface area contributed by atoms with Crippen LogP contribution in [-0.4, -0.2) is 59.2 Å². The maximum absolute atomic E-state index is 12.6. The van der Waals surface area contributed by atoms with Gasteiger partial charge in [-0.25, -0.2) is 4.79 Å². The molecule has 0 aliphatic carbocycles. The molecule has 7 nitrogen and oxygen atoms in total. The molecule has 2 aromatic heterocycles. The highest BCUT2D eigenvalue weighted by Crippen LogP contribution is 2.21. The van der Waals surface area contributed by atoms with E-state index < -0.39 is 0 Å². The van der Waals surface area contributed by atoms with Gasteiger partial charge in [0.05, 0.1) is 18.4 Å². The summed E-state index contributed by atoms with van der Waals surface area (Å²) in [7, 11) is 1.85. The first-order valence-corrected chi connectivity index (χ1v) is 7.35. The van der Waals surface area contributed by atoms with Gasteiger partial charge in [0, 0.05) is 45.4 Å². The van der Waals surface area contributed by atoms with Crippen molar-refractivity contribution in [3.63, 3.8) is 0 Å². The number of fused-ring (bicyclic) bond motifs is 1. The van der Waals surface area contributed by atoms with Gasteiger partial charge in [0.15, 0.2) is 5.58 Å². The fraction of sp³-hybridized carbons (Fsp3) is 0.467. The zero-order chi connectivity index (χ0) is 15.7. The van der Waals surface area contributed by atoms with Crippen LogP contribution < -0.4 is 0 Å². The lowest BCUT2D eigenvalue weighted by Crippen LogP contribution is -2.51. The molecular weight excluding hydrogens is 286 g/mol. The maximum Gasteiger partial charge on any atom is 0.409 e. The van der Waals surface area contributed by atoms with E-state index in [1.165, 1.54) is 0 Å². The number of hydrogen-bond donors (Lipinski definition) is 0. The zero-order valence-corrected chi connectivity index (χ0v) is 12.7. The number of carbonyl (C=O) groups is 2. The molecule has 7 heteroatoms. The second-order valence-corrected chi connectivity index (χ2v) is 5.24. The number of amides is 2. The Morgan fingerprint density at radius 3 is 2.55 bits per heavy atom. The van der Waals surface area contributed by atoms with Crippen molar-refractivity contribution in [1.82, 2.24) is 14.4 Å². The van der Waals surface area contributed by atoms with Crippen LogP contribution in [0.3, 0.4) is 0 Å². The summed E-state index contributed by atoms with van der Waals surface area (Å²) in [5.41, 5.74) is 2.20. The zero-order valence-electron chi connectivity index (χ0n) is 12.7. The van der Waals surface area contributed by atoms with E-state index in [2.05, 4.69) is 0 Å². The minimum absolute atomic E-state index is 0.0441. The molecular formula is C15H19N3O4. The molecule has 3 rings (SSSR count). The molecule has 0 spiro atoms. The molecule has 1 fully saturated rings. The standard InChI is InChI=1S/C15H19N3O4/c1-3-21-15(20)18-7-5-17(6-8-18)14(19)12-10-13-11(16(12)2)4-9-22-13/h4,9-10H,3,5-8H2,1-2H3. The second kappa shape index (κ2) is 5.75. The minimum Gasteiger partial charge on any atom is -0.463 e. The number of carbonyl (C=O) groups excluding carboxylic acids is 2. The lowest BCUT2D eigenvalue weighted by Gasteiger charge is -2.34. The Balaban J connectivity index is 1.68. The van der Waals surface area contributed by atoms with Crippen LogP contribution in [-0.2, 0) is 11.8 Å². The van der Waals surface area contributed by atoms with Crippen molar-refractivity contribution in [2.24, 2.45) is 7.05 Å². The monoisotopic (exact) mass is 305 g/mol. The van der Waals surface area contributed by atoms with Crippen LogP contribution in [0.1, 0.15) is 17.4 Å². The van der Waals surface area contributed by atoms with Crippen LogP contribution in [0.2, 0.25) is 0 Å². The van der Waals surface area contributed by atoms with E-state index in [-0.39, 0.29) is 12.0 Å². The van der Waals surface area contributed by atoms with Crippen molar-refractivity contribution in [3.05, 3.63) is 24.1 Å². The first-order chi connectivity index (χ1) is 10.6. The van der Waals surface area contributed by atoms with Crippen LogP contribution in [0.4, 0.5) is 4.79 Å². The van der Waals surface area contributed by atoms with Gasteiger partial charge in [-0.3, -0.25) is 4.79 Å². The summed E-state index contributed by atoms with van der Waals surface area (Å²) in [6.45, 7) is 4.13. The quantitative estimate of drug-likeness (QED) is 0.846. The number of aromatic nitrogens is 1. The number of ether oxygens (including phenoxy) is 1. The molecule has 0 atom stereocenters. The lowest BCUT2D eigenvalue weighted by molar-refractivity contribution is 0.0563. The summed E-state index contributed by atoms with van der Waals surface area (Å²) in [6, 6.07) is 3.60. The number of rotatable bonds is 2. The Morgan fingerprint density at radius 2 is 1.91 bits per heavy atom. The van der Waals surface area contributed by atoms with E-state index in [0.29, 0.717) is 44.1 Å². The minimum atomic E-state index is -0.314. The van der Waals surface area contributed by atoms with Gasteiger partial charge in [-0.2, -0.15) is 0 Å². The molecule has 0 N–H and O–H groups in total. The molecule has 1 aliphatic heterocycles. The molecule has 0 saturated carbocycles. The lowest BCUT2D eigenvalue weighted by atomic mass is 10.3. The van der Waals surface area contributed by atoms with Gasteiger partial charge in [0.25, 0.3) is 5.91 Å². The Kier molecular flexibility index (Phi) is 3.79. The predicted molar refractivity (Wildman–Crippen MR) is 79.7 cm³/mol. The first kappa shape index (κ1) is 14.5. The Labute approximate surface area is 128 Å². The summed E-state index contributed by atoms with van der Waals surface area (Å²) in [6.07, 6.45) is 1.29.